The summed E-state index contributed by atoms with van der Waals surface area (Å²) in [6.45, 7) is -0.119. The van der Waals surface area contributed by atoms with Crippen LogP contribution in [0.5, 0.6) is 0 Å². The number of fused-ring (bicyclic) bond motifs is 1. The van der Waals surface area contributed by atoms with Crippen LogP contribution in [-0.2, 0) is 11.3 Å². The molecule has 0 fully saturated rings. The van der Waals surface area contributed by atoms with E-state index in [0.29, 0.717) is 0 Å². The SMILES string of the molecule is CN(C)C(=O)Cn1cnc2cc([N+](=O)[O-])ccc2c1=O. The van der Waals surface area contributed by atoms with E-state index in [4.69, 9.17) is 0 Å². The molecule has 0 bridgehead atoms. The summed E-state index contributed by atoms with van der Waals surface area (Å²) in [7, 11) is 3.18. The van der Waals surface area contributed by atoms with E-state index in [-0.39, 0.29) is 29.0 Å². The van der Waals surface area contributed by atoms with Crippen LogP contribution in [0.3, 0.4) is 0 Å². The smallest absolute Gasteiger partial charge is 0.271 e. The van der Waals surface area contributed by atoms with Crippen LogP contribution in [0, 0.1) is 10.1 Å². The van der Waals surface area contributed by atoms with Crippen molar-refractivity contribution in [1.82, 2.24) is 14.5 Å². The van der Waals surface area contributed by atoms with Crippen molar-refractivity contribution in [3.63, 3.8) is 0 Å². The number of likely N-dealkylation sites (N-methyl/N-ethyl adjacent to an activating group) is 1. The third-order valence-corrected chi connectivity index (χ3v) is 2.82. The van der Waals surface area contributed by atoms with Gasteiger partial charge in [-0.3, -0.25) is 24.3 Å². The molecule has 0 aliphatic heterocycles. The fraction of sp³-hybridized carbons (Fsp3) is 0.250. The monoisotopic (exact) mass is 276 g/mol. The minimum atomic E-state index is -0.553. The molecular weight excluding hydrogens is 264 g/mol. The zero-order valence-corrected chi connectivity index (χ0v) is 10.9. The summed E-state index contributed by atoms with van der Waals surface area (Å²) in [6.07, 6.45) is 1.22. The Hall–Kier alpha value is -2.77. The summed E-state index contributed by atoms with van der Waals surface area (Å²) in [6, 6.07) is 3.82. The molecule has 1 aromatic heterocycles. The summed E-state index contributed by atoms with van der Waals surface area (Å²) >= 11 is 0. The minimum Gasteiger partial charge on any atom is -0.347 e. The first kappa shape index (κ1) is 13.7. The lowest BCUT2D eigenvalue weighted by atomic mass is 10.2. The maximum absolute atomic E-state index is 12.2. The lowest BCUT2D eigenvalue weighted by molar-refractivity contribution is -0.384. The van der Waals surface area contributed by atoms with Crippen molar-refractivity contribution < 1.29 is 9.72 Å². The molecule has 0 aliphatic rings. The highest BCUT2D eigenvalue weighted by molar-refractivity contribution is 5.80. The van der Waals surface area contributed by atoms with Crippen molar-refractivity contribution in [3.8, 4) is 0 Å². The summed E-state index contributed by atoms with van der Waals surface area (Å²) in [5, 5.41) is 10.9. The highest BCUT2D eigenvalue weighted by Gasteiger charge is 2.12. The molecule has 8 heteroatoms. The number of nitro benzene ring substituents is 1. The lowest BCUT2D eigenvalue weighted by Crippen LogP contribution is -2.31. The van der Waals surface area contributed by atoms with Gasteiger partial charge in [0.25, 0.3) is 11.2 Å². The van der Waals surface area contributed by atoms with Crippen LogP contribution in [0.4, 0.5) is 5.69 Å². The van der Waals surface area contributed by atoms with E-state index in [0.717, 1.165) is 0 Å². The molecule has 104 valence electrons. The van der Waals surface area contributed by atoms with Gasteiger partial charge in [0.15, 0.2) is 0 Å². The van der Waals surface area contributed by atoms with Gasteiger partial charge in [0.2, 0.25) is 5.91 Å². The number of nitro groups is 1. The number of hydrogen-bond donors (Lipinski definition) is 0. The molecule has 2 aromatic rings. The van der Waals surface area contributed by atoms with Gasteiger partial charge in [-0.2, -0.15) is 0 Å². The Kier molecular flexibility index (Phi) is 3.47. The highest BCUT2D eigenvalue weighted by Crippen LogP contribution is 2.16. The van der Waals surface area contributed by atoms with E-state index in [1.165, 1.54) is 34.0 Å². The molecule has 0 unspecified atom stereocenters. The van der Waals surface area contributed by atoms with Crippen LogP contribution < -0.4 is 5.56 Å². The van der Waals surface area contributed by atoms with Gasteiger partial charge in [-0.05, 0) is 6.07 Å². The highest BCUT2D eigenvalue weighted by atomic mass is 16.6. The van der Waals surface area contributed by atoms with Gasteiger partial charge in [0.1, 0.15) is 6.54 Å². The summed E-state index contributed by atoms with van der Waals surface area (Å²) < 4.78 is 1.18. The van der Waals surface area contributed by atoms with Crippen molar-refractivity contribution in [3.05, 3.63) is 45.0 Å². The van der Waals surface area contributed by atoms with Crippen molar-refractivity contribution in [2.24, 2.45) is 0 Å². The Morgan fingerprint density at radius 3 is 2.75 bits per heavy atom. The van der Waals surface area contributed by atoms with Gasteiger partial charge in [-0.15, -0.1) is 0 Å². The second-order valence-corrected chi connectivity index (χ2v) is 4.42. The lowest BCUT2D eigenvalue weighted by Gasteiger charge is -2.11. The number of non-ortho nitro benzene ring substituents is 1. The van der Waals surface area contributed by atoms with Crippen LogP contribution in [0.2, 0.25) is 0 Å². The van der Waals surface area contributed by atoms with Crippen molar-refractivity contribution in [2.45, 2.75) is 6.54 Å². The Bertz CT molecular complexity index is 751. The minimum absolute atomic E-state index is 0.119. The normalized spacial score (nSPS) is 10.5. The van der Waals surface area contributed by atoms with Gasteiger partial charge >= 0.3 is 0 Å². The average molecular weight is 276 g/mol. The number of nitrogens with zero attached hydrogens (tertiary/aromatic N) is 4. The Balaban J connectivity index is 2.49. The summed E-state index contributed by atoms with van der Waals surface area (Å²) in [5.74, 6) is -0.241. The number of amides is 1. The predicted octanol–water partition coefficient (Wildman–Crippen LogP) is 0.393. The van der Waals surface area contributed by atoms with Crippen LogP contribution >= 0.6 is 0 Å². The van der Waals surface area contributed by atoms with Crippen molar-refractivity contribution in [2.75, 3.05) is 14.1 Å². The van der Waals surface area contributed by atoms with E-state index in [1.54, 1.807) is 14.1 Å². The van der Waals surface area contributed by atoms with Crippen molar-refractivity contribution in [1.29, 1.82) is 0 Å². The molecular formula is C12H12N4O4. The molecule has 0 radical (unpaired) electrons. The standard InChI is InChI=1S/C12H12N4O4/c1-14(2)11(17)6-15-7-13-10-5-8(16(19)20)3-4-9(10)12(15)18/h3-5,7H,6H2,1-2H3. The van der Waals surface area contributed by atoms with Crippen LogP contribution in [0.15, 0.2) is 29.3 Å². The predicted molar refractivity (Wildman–Crippen MR) is 71.4 cm³/mol. The molecule has 1 heterocycles. The fourth-order valence-corrected chi connectivity index (χ4v) is 1.66. The first-order valence-corrected chi connectivity index (χ1v) is 5.74. The number of hydrogen-bond acceptors (Lipinski definition) is 5. The van der Waals surface area contributed by atoms with Gasteiger partial charge in [0, 0.05) is 26.2 Å². The second-order valence-electron chi connectivity index (χ2n) is 4.42. The Morgan fingerprint density at radius 1 is 1.45 bits per heavy atom. The van der Waals surface area contributed by atoms with Crippen LogP contribution in [0.25, 0.3) is 10.9 Å². The second kappa shape index (κ2) is 5.08. The third kappa shape index (κ3) is 2.48. The maximum Gasteiger partial charge on any atom is 0.271 e. The van der Waals surface area contributed by atoms with E-state index in [9.17, 15) is 19.7 Å². The molecule has 1 aromatic carbocycles. The zero-order valence-electron chi connectivity index (χ0n) is 10.9. The molecule has 0 aliphatic carbocycles. The van der Waals surface area contributed by atoms with Gasteiger partial charge in [0.05, 0.1) is 22.2 Å². The molecule has 0 spiro atoms. The van der Waals surface area contributed by atoms with Gasteiger partial charge < -0.3 is 4.90 Å². The molecule has 0 saturated carbocycles. The average Bonchev–Trinajstić information content (AvgIpc) is 2.41. The largest absolute Gasteiger partial charge is 0.347 e. The third-order valence-electron chi connectivity index (χ3n) is 2.82. The molecule has 0 atom stereocenters. The van der Waals surface area contributed by atoms with Crippen molar-refractivity contribution >= 4 is 22.5 Å². The number of benzene rings is 1. The van der Waals surface area contributed by atoms with Crippen LogP contribution in [0.1, 0.15) is 0 Å². The maximum atomic E-state index is 12.2. The first-order valence-electron chi connectivity index (χ1n) is 5.74. The number of carbonyl (C=O) groups excluding carboxylic acids is 1. The van der Waals surface area contributed by atoms with E-state index < -0.39 is 10.5 Å². The summed E-state index contributed by atoms with van der Waals surface area (Å²) in [5.41, 5.74) is -0.302. The van der Waals surface area contributed by atoms with E-state index >= 15 is 0 Å². The molecule has 1 amide bonds. The molecule has 8 nitrogen and oxygen atoms in total. The first-order chi connectivity index (χ1) is 9.40. The number of rotatable bonds is 3. The van der Waals surface area contributed by atoms with Gasteiger partial charge in [-0.25, -0.2) is 4.98 Å². The Labute approximate surface area is 113 Å². The topological polar surface area (TPSA) is 98.3 Å². The van der Waals surface area contributed by atoms with Crippen LogP contribution in [-0.4, -0.2) is 39.4 Å². The number of aromatic nitrogens is 2. The quantitative estimate of drug-likeness (QED) is 0.596. The number of carbonyl (C=O) groups is 1. The molecule has 0 saturated heterocycles. The zero-order chi connectivity index (χ0) is 14.9. The Morgan fingerprint density at radius 2 is 2.15 bits per heavy atom. The fourth-order valence-electron chi connectivity index (χ4n) is 1.66. The molecule has 20 heavy (non-hydrogen) atoms. The molecule has 0 N–H and O–H groups in total. The van der Waals surface area contributed by atoms with E-state index in [2.05, 4.69) is 4.98 Å². The molecule has 2 rings (SSSR count). The summed E-state index contributed by atoms with van der Waals surface area (Å²) in [4.78, 5) is 39.2. The van der Waals surface area contributed by atoms with E-state index in [1.807, 2.05) is 0 Å². The van der Waals surface area contributed by atoms with Gasteiger partial charge in [-0.1, -0.05) is 0 Å².